The van der Waals surface area contributed by atoms with Gasteiger partial charge in [0.05, 0.1) is 5.56 Å². The van der Waals surface area contributed by atoms with Gasteiger partial charge >= 0.3 is 48.2 Å². The Labute approximate surface area is 166 Å². The van der Waals surface area contributed by atoms with Gasteiger partial charge in [-0.15, -0.1) is 4.90 Å². The fourth-order valence-electron chi connectivity index (χ4n) is 2.28. The first-order chi connectivity index (χ1) is 14.1. The van der Waals surface area contributed by atoms with E-state index < -0.39 is 64.4 Å². The number of morpholine rings is 1. The zero-order valence-electron chi connectivity index (χ0n) is 14.4. The largest absolute Gasteiger partial charge is 0.478 e. The molecular formula is C14H5F12NO5. The molecule has 1 aromatic carbocycles. The first kappa shape index (κ1) is 25.5. The number of alkyl halides is 12. The number of hydrogen-bond donors (Lipinski definition) is 1. The molecule has 2 rings (SSSR count). The molecule has 0 amide bonds. The third kappa shape index (κ3) is 3.59. The van der Waals surface area contributed by atoms with Crippen molar-refractivity contribution in [2.75, 3.05) is 0 Å². The average molecular weight is 495 g/mol. The van der Waals surface area contributed by atoms with Crippen LogP contribution >= 0.6 is 0 Å². The van der Waals surface area contributed by atoms with Crippen LogP contribution in [0.1, 0.15) is 10.4 Å². The van der Waals surface area contributed by atoms with Gasteiger partial charge in [0.2, 0.25) is 0 Å². The van der Waals surface area contributed by atoms with Crippen LogP contribution in [0.2, 0.25) is 0 Å². The molecule has 1 atom stereocenters. The summed E-state index contributed by atoms with van der Waals surface area (Å²) in [6.45, 7) is 0. The fraction of sp³-hybridized carbons (Fsp3) is 0.429. The Morgan fingerprint density at radius 2 is 1.25 bits per heavy atom. The number of carboxylic acids is 1. The van der Waals surface area contributed by atoms with E-state index in [0.29, 0.717) is 24.3 Å². The molecule has 1 fully saturated rings. The van der Waals surface area contributed by atoms with Gasteiger partial charge in [0.1, 0.15) is 5.75 Å². The lowest BCUT2D eigenvalue weighted by Gasteiger charge is -2.50. The summed E-state index contributed by atoms with van der Waals surface area (Å²) < 4.78 is 168. The van der Waals surface area contributed by atoms with E-state index in [9.17, 15) is 62.3 Å². The molecule has 0 radical (unpaired) electrons. The minimum atomic E-state index is -7.29. The van der Waals surface area contributed by atoms with Crippen molar-refractivity contribution in [1.82, 2.24) is 4.90 Å². The van der Waals surface area contributed by atoms with Gasteiger partial charge in [0.15, 0.2) is 0 Å². The zero-order valence-corrected chi connectivity index (χ0v) is 14.4. The lowest BCUT2D eigenvalue weighted by molar-refractivity contribution is -0.583. The fourth-order valence-corrected chi connectivity index (χ4v) is 2.28. The third-order valence-corrected chi connectivity index (χ3v) is 3.78. The quantitative estimate of drug-likeness (QED) is 0.292. The van der Waals surface area contributed by atoms with Crippen molar-refractivity contribution in [2.24, 2.45) is 0 Å². The van der Waals surface area contributed by atoms with Crippen LogP contribution < -0.4 is 4.74 Å². The number of nitrogens with zero attached hydrogens (tertiary/aromatic N) is 1. The number of esters is 1. The standard InChI is InChI=1S/C14H5F12NO5/c15-9(10(16,17)18,8(30)31-6-3-1-5(2-4-6)7(28)29)27-11(19,20)13(23,24)32-14(25,26)12(27,21)22/h1-4H,(H,28,29). The van der Waals surface area contributed by atoms with Crippen LogP contribution in [-0.4, -0.2) is 58.2 Å². The second-order valence-corrected chi connectivity index (χ2v) is 5.89. The summed E-state index contributed by atoms with van der Waals surface area (Å²) in [7, 11) is 0. The van der Waals surface area contributed by atoms with Crippen LogP contribution in [0.5, 0.6) is 5.75 Å². The molecule has 0 bridgehead atoms. The zero-order chi connectivity index (χ0) is 25.1. The number of carbonyl (C=O) groups is 2. The molecule has 180 valence electrons. The van der Waals surface area contributed by atoms with Crippen molar-refractivity contribution < 1.29 is 76.9 Å². The summed E-state index contributed by atoms with van der Waals surface area (Å²) in [5, 5.41) is 8.63. The number of halogens is 12. The van der Waals surface area contributed by atoms with Crippen LogP contribution in [0.25, 0.3) is 0 Å². The Hall–Kier alpha value is -2.76. The smallest absolute Gasteiger partial charge is 0.448 e. The molecule has 0 saturated carbocycles. The van der Waals surface area contributed by atoms with E-state index in [0.717, 1.165) is 0 Å². The second kappa shape index (κ2) is 7.12. The highest BCUT2D eigenvalue weighted by atomic mass is 19.4. The Morgan fingerprint density at radius 1 is 0.844 bits per heavy atom. The number of ether oxygens (including phenoxy) is 2. The van der Waals surface area contributed by atoms with Crippen molar-refractivity contribution >= 4 is 11.9 Å². The van der Waals surface area contributed by atoms with E-state index in [4.69, 9.17) is 5.11 Å². The Morgan fingerprint density at radius 3 is 1.59 bits per heavy atom. The van der Waals surface area contributed by atoms with Gasteiger partial charge in [-0.05, 0) is 24.3 Å². The summed E-state index contributed by atoms with van der Waals surface area (Å²) in [4.78, 5) is 18.7. The molecule has 6 nitrogen and oxygen atoms in total. The van der Waals surface area contributed by atoms with Crippen LogP contribution in [-0.2, 0) is 9.53 Å². The second-order valence-electron chi connectivity index (χ2n) is 5.89. The SMILES string of the molecule is O=C(O)c1ccc(OC(=O)C(F)(N2C(F)(F)C(F)(F)OC(F)(F)C2(F)F)C(F)(F)F)cc1. The normalized spacial score (nSPS) is 23.8. The molecule has 0 spiro atoms. The number of hydrogen-bond acceptors (Lipinski definition) is 5. The summed E-state index contributed by atoms with van der Waals surface area (Å²) in [5.41, 5.74) is -0.613. The summed E-state index contributed by atoms with van der Waals surface area (Å²) >= 11 is 0. The van der Waals surface area contributed by atoms with Crippen LogP contribution in [0.15, 0.2) is 24.3 Å². The Bertz CT molecular complexity index is 890. The summed E-state index contributed by atoms with van der Waals surface area (Å²) in [5.74, 6) is -13.7. The van der Waals surface area contributed by atoms with Gasteiger partial charge in [0, 0.05) is 0 Å². The van der Waals surface area contributed by atoms with Crippen molar-refractivity contribution in [1.29, 1.82) is 0 Å². The molecule has 0 aliphatic carbocycles. The molecule has 32 heavy (non-hydrogen) atoms. The van der Waals surface area contributed by atoms with E-state index >= 15 is 0 Å². The van der Waals surface area contributed by atoms with Gasteiger partial charge in [-0.1, -0.05) is 0 Å². The van der Waals surface area contributed by atoms with Gasteiger partial charge < -0.3 is 9.84 Å². The lowest BCUT2D eigenvalue weighted by atomic mass is 10.1. The van der Waals surface area contributed by atoms with E-state index in [1.165, 1.54) is 0 Å². The number of carbonyl (C=O) groups excluding carboxylic acids is 1. The van der Waals surface area contributed by atoms with Gasteiger partial charge in [-0.3, -0.25) is 0 Å². The summed E-state index contributed by atoms with van der Waals surface area (Å²) in [6.07, 6.45) is -21.0. The predicted molar refractivity (Wildman–Crippen MR) is 71.6 cm³/mol. The molecule has 0 aromatic heterocycles. The molecule has 18 heteroatoms. The molecular weight excluding hydrogens is 490 g/mol. The number of rotatable bonds is 4. The van der Waals surface area contributed by atoms with E-state index in [2.05, 4.69) is 4.74 Å². The average Bonchev–Trinajstić information content (AvgIpc) is 2.58. The van der Waals surface area contributed by atoms with Crippen LogP contribution in [0.3, 0.4) is 0 Å². The molecule has 1 unspecified atom stereocenters. The highest BCUT2D eigenvalue weighted by Gasteiger charge is 2.91. The van der Waals surface area contributed by atoms with Crippen molar-refractivity contribution in [3.8, 4) is 5.75 Å². The predicted octanol–water partition coefficient (Wildman–Crippen LogP) is 4.22. The van der Waals surface area contributed by atoms with Gasteiger partial charge in [0.25, 0.3) is 0 Å². The Kier molecular flexibility index (Phi) is 5.68. The maximum absolute atomic E-state index is 14.7. The summed E-state index contributed by atoms with van der Waals surface area (Å²) in [6, 6.07) is -12.7. The van der Waals surface area contributed by atoms with Crippen molar-refractivity contribution in [3.05, 3.63) is 29.8 Å². The van der Waals surface area contributed by atoms with Crippen molar-refractivity contribution in [2.45, 2.75) is 36.3 Å². The molecule has 1 saturated heterocycles. The van der Waals surface area contributed by atoms with E-state index in [1.807, 2.05) is 4.74 Å². The maximum atomic E-state index is 14.7. The van der Waals surface area contributed by atoms with Gasteiger partial charge in [-0.25, -0.2) is 18.7 Å². The first-order valence-corrected chi connectivity index (χ1v) is 7.46. The number of benzene rings is 1. The molecule has 1 aromatic rings. The Balaban J connectivity index is 2.66. The molecule has 1 aliphatic heterocycles. The lowest BCUT2D eigenvalue weighted by Crippen LogP contribution is -2.82. The van der Waals surface area contributed by atoms with Crippen LogP contribution in [0, 0.1) is 0 Å². The minimum absolute atomic E-state index is 0.316. The number of aromatic carboxylic acids is 1. The highest BCUT2D eigenvalue weighted by molar-refractivity contribution is 5.88. The maximum Gasteiger partial charge on any atom is 0.448 e. The topological polar surface area (TPSA) is 76.1 Å². The third-order valence-electron chi connectivity index (χ3n) is 3.78. The molecule has 1 heterocycles. The molecule has 1 aliphatic rings. The minimum Gasteiger partial charge on any atom is -0.478 e. The molecule has 1 N–H and O–H groups in total. The van der Waals surface area contributed by atoms with E-state index in [1.54, 1.807) is 0 Å². The van der Waals surface area contributed by atoms with Crippen molar-refractivity contribution in [3.63, 3.8) is 0 Å². The first-order valence-electron chi connectivity index (χ1n) is 7.46. The van der Waals surface area contributed by atoms with E-state index in [-0.39, 0.29) is 0 Å². The highest BCUT2D eigenvalue weighted by Crippen LogP contribution is 2.60. The monoisotopic (exact) mass is 495 g/mol. The van der Waals surface area contributed by atoms with Gasteiger partial charge in [-0.2, -0.15) is 48.3 Å². The number of carboxylic acid groups (broad SMARTS) is 1. The van der Waals surface area contributed by atoms with Crippen LogP contribution in [0.4, 0.5) is 52.7 Å².